The summed E-state index contributed by atoms with van der Waals surface area (Å²) in [5, 5.41) is 13.2. The molecule has 0 saturated carbocycles. The highest BCUT2D eigenvalue weighted by molar-refractivity contribution is 5.92. The molecule has 1 amide bonds. The van der Waals surface area contributed by atoms with Gasteiger partial charge < -0.3 is 4.90 Å². The second-order valence-corrected chi connectivity index (χ2v) is 5.32. The van der Waals surface area contributed by atoms with E-state index in [1.54, 1.807) is 28.9 Å². The van der Waals surface area contributed by atoms with Crippen LogP contribution in [0.3, 0.4) is 0 Å². The van der Waals surface area contributed by atoms with Crippen molar-refractivity contribution in [2.24, 2.45) is 7.05 Å². The normalized spacial score (nSPS) is 17.3. The fourth-order valence-electron chi connectivity index (χ4n) is 2.23. The Hall–Kier alpha value is -1.87. The van der Waals surface area contributed by atoms with Crippen LogP contribution in [0, 0.1) is 11.3 Å². The fourth-order valence-corrected chi connectivity index (χ4v) is 2.23. The van der Waals surface area contributed by atoms with Crippen LogP contribution >= 0.6 is 0 Å². The second-order valence-electron chi connectivity index (χ2n) is 5.32. The lowest BCUT2D eigenvalue weighted by Gasteiger charge is -2.40. The van der Waals surface area contributed by atoms with E-state index in [4.69, 9.17) is 5.26 Å². The zero-order valence-electron chi connectivity index (χ0n) is 11.6. The Morgan fingerprint density at radius 1 is 1.37 bits per heavy atom. The quantitative estimate of drug-likeness (QED) is 0.776. The minimum atomic E-state index is -0.472. The molecule has 1 saturated heterocycles. The van der Waals surface area contributed by atoms with Gasteiger partial charge in [-0.3, -0.25) is 14.4 Å². The summed E-state index contributed by atoms with van der Waals surface area (Å²) < 4.78 is 1.63. The summed E-state index contributed by atoms with van der Waals surface area (Å²) in [5.74, 6) is -0.0324. The van der Waals surface area contributed by atoms with E-state index in [-0.39, 0.29) is 5.91 Å². The second kappa shape index (κ2) is 5.02. The SMILES string of the molecule is Cn1ccc(C(=O)N2CCN(C(C)(C)C#N)CC2)n1. The van der Waals surface area contributed by atoms with Crippen LogP contribution in [0.25, 0.3) is 0 Å². The summed E-state index contributed by atoms with van der Waals surface area (Å²) in [5.41, 5.74) is 0.00985. The van der Waals surface area contributed by atoms with Gasteiger partial charge in [-0.2, -0.15) is 10.4 Å². The molecule has 0 spiro atoms. The Kier molecular flexibility index (Phi) is 3.58. The van der Waals surface area contributed by atoms with Crippen molar-refractivity contribution < 1.29 is 4.79 Å². The topological polar surface area (TPSA) is 65.2 Å². The summed E-state index contributed by atoms with van der Waals surface area (Å²) in [6, 6.07) is 4.03. The molecule has 0 atom stereocenters. The van der Waals surface area contributed by atoms with Crippen LogP contribution in [0.15, 0.2) is 12.3 Å². The van der Waals surface area contributed by atoms with E-state index < -0.39 is 5.54 Å². The van der Waals surface area contributed by atoms with E-state index in [0.717, 1.165) is 13.1 Å². The van der Waals surface area contributed by atoms with Gasteiger partial charge in [-0.1, -0.05) is 0 Å². The lowest BCUT2D eigenvalue weighted by Crippen LogP contribution is -2.55. The summed E-state index contributed by atoms with van der Waals surface area (Å²) in [7, 11) is 1.80. The Morgan fingerprint density at radius 2 is 2.00 bits per heavy atom. The smallest absolute Gasteiger partial charge is 0.274 e. The number of aromatic nitrogens is 2. The first-order chi connectivity index (χ1) is 8.94. The number of nitrogens with zero attached hydrogens (tertiary/aromatic N) is 5. The number of piperazine rings is 1. The number of hydrogen-bond donors (Lipinski definition) is 0. The molecule has 0 aromatic carbocycles. The number of aryl methyl sites for hydroxylation is 1. The average molecular weight is 261 g/mol. The molecular formula is C13H19N5O. The van der Waals surface area contributed by atoms with Crippen molar-refractivity contribution in [3.8, 4) is 6.07 Å². The lowest BCUT2D eigenvalue weighted by atomic mass is 10.0. The molecule has 1 aliphatic rings. The molecule has 1 aliphatic heterocycles. The zero-order valence-corrected chi connectivity index (χ0v) is 11.6. The van der Waals surface area contributed by atoms with Crippen LogP contribution in [0.1, 0.15) is 24.3 Å². The third kappa shape index (κ3) is 2.76. The minimum Gasteiger partial charge on any atom is -0.335 e. The van der Waals surface area contributed by atoms with Crippen molar-refractivity contribution in [2.75, 3.05) is 26.2 Å². The van der Waals surface area contributed by atoms with E-state index in [0.29, 0.717) is 18.8 Å². The Balaban J connectivity index is 1.97. The maximum Gasteiger partial charge on any atom is 0.274 e. The maximum atomic E-state index is 12.2. The Bertz CT molecular complexity index is 505. The van der Waals surface area contributed by atoms with Crippen molar-refractivity contribution in [2.45, 2.75) is 19.4 Å². The zero-order chi connectivity index (χ0) is 14.0. The van der Waals surface area contributed by atoms with Gasteiger partial charge in [0.2, 0.25) is 0 Å². The van der Waals surface area contributed by atoms with E-state index in [1.807, 2.05) is 13.8 Å². The van der Waals surface area contributed by atoms with E-state index in [1.165, 1.54) is 0 Å². The van der Waals surface area contributed by atoms with Crippen LogP contribution in [0.4, 0.5) is 0 Å². The highest BCUT2D eigenvalue weighted by Gasteiger charge is 2.31. The fraction of sp³-hybridized carbons (Fsp3) is 0.615. The molecule has 1 fully saturated rings. The molecule has 102 valence electrons. The van der Waals surface area contributed by atoms with Gasteiger partial charge in [-0.15, -0.1) is 0 Å². The largest absolute Gasteiger partial charge is 0.335 e. The van der Waals surface area contributed by atoms with Gasteiger partial charge in [-0.05, 0) is 19.9 Å². The molecule has 6 heteroatoms. The number of carbonyl (C=O) groups excluding carboxylic acids is 1. The summed E-state index contributed by atoms with van der Waals surface area (Å²) in [4.78, 5) is 16.1. The minimum absolute atomic E-state index is 0.0324. The lowest BCUT2D eigenvalue weighted by molar-refractivity contribution is 0.0515. The van der Waals surface area contributed by atoms with E-state index in [9.17, 15) is 4.79 Å². The molecule has 0 aliphatic carbocycles. The number of amides is 1. The highest BCUT2D eigenvalue weighted by Crippen LogP contribution is 2.16. The molecular weight excluding hydrogens is 242 g/mol. The molecule has 0 radical (unpaired) electrons. The first-order valence-electron chi connectivity index (χ1n) is 6.39. The van der Waals surface area contributed by atoms with Gasteiger partial charge in [-0.25, -0.2) is 0 Å². The van der Waals surface area contributed by atoms with Crippen LogP contribution < -0.4 is 0 Å². The Labute approximate surface area is 113 Å². The molecule has 0 bridgehead atoms. The molecule has 6 nitrogen and oxygen atoms in total. The van der Waals surface area contributed by atoms with Gasteiger partial charge in [0.05, 0.1) is 6.07 Å². The highest BCUT2D eigenvalue weighted by atomic mass is 16.2. The van der Waals surface area contributed by atoms with Gasteiger partial charge in [0.1, 0.15) is 11.2 Å². The van der Waals surface area contributed by atoms with Gasteiger partial charge >= 0.3 is 0 Å². The van der Waals surface area contributed by atoms with Gasteiger partial charge in [0.25, 0.3) is 5.91 Å². The molecule has 0 unspecified atom stereocenters. The van der Waals surface area contributed by atoms with Crippen molar-refractivity contribution >= 4 is 5.91 Å². The molecule has 2 heterocycles. The predicted octanol–water partition coefficient (Wildman–Crippen LogP) is 0.480. The molecule has 0 N–H and O–H groups in total. The summed E-state index contributed by atoms with van der Waals surface area (Å²) in [6.45, 7) is 6.53. The van der Waals surface area contributed by atoms with Crippen molar-refractivity contribution in [1.82, 2.24) is 19.6 Å². The molecule has 2 rings (SSSR count). The molecule has 1 aromatic rings. The maximum absolute atomic E-state index is 12.2. The summed E-state index contributed by atoms with van der Waals surface area (Å²) >= 11 is 0. The van der Waals surface area contributed by atoms with E-state index in [2.05, 4.69) is 16.1 Å². The first kappa shape index (κ1) is 13.6. The molecule has 19 heavy (non-hydrogen) atoms. The van der Waals surface area contributed by atoms with Crippen LogP contribution in [-0.4, -0.2) is 57.2 Å². The van der Waals surface area contributed by atoms with Crippen molar-refractivity contribution in [1.29, 1.82) is 5.26 Å². The number of rotatable bonds is 2. The van der Waals surface area contributed by atoms with Gasteiger partial charge in [0.15, 0.2) is 0 Å². The van der Waals surface area contributed by atoms with Crippen LogP contribution in [0.5, 0.6) is 0 Å². The number of nitriles is 1. The first-order valence-corrected chi connectivity index (χ1v) is 6.39. The average Bonchev–Trinajstić information content (AvgIpc) is 2.85. The third-order valence-corrected chi connectivity index (χ3v) is 3.56. The van der Waals surface area contributed by atoms with E-state index >= 15 is 0 Å². The van der Waals surface area contributed by atoms with Gasteiger partial charge in [0, 0.05) is 39.4 Å². The standard InChI is InChI=1S/C13H19N5O/c1-13(2,10-14)18-8-6-17(7-9-18)12(19)11-4-5-16(3)15-11/h4-5H,6-9H2,1-3H3. The number of hydrogen-bond acceptors (Lipinski definition) is 4. The third-order valence-electron chi connectivity index (χ3n) is 3.56. The monoisotopic (exact) mass is 261 g/mol. The van der Waals surface area contributed by atoms with Crippen molar-refractivity contribution in [3.05, 3.63) is 18.0 Å². The molecule has 1 aromatic heterocycles. The predicted molar refractivity (Wildman–Crippen MR) is 70.4 cm³/mol. The van der Waals surface area contributed by atoms with Crippen LogP contribution in [-0.2, 0) is 7.05 Å². The summed E-state index contributed by atoms with van der Waals surface area (Å²) in [6.07, 6.45) is 1.77. The van der Waals surface area contributed by atoms with Crippen LogP contribution in [0.2, 0.25) is 0 Å². The number of carbonyl (C=O) groups is 1. The Morgan fingerprint density at radius 3 is 2.47 bits per heavy atom. The van der Waals surface area contributed by atoms with Crippen molar-refractivity contribution in [3.63, 3.8) is 0 Å².